The number of hydrogen-bond donors (Lipinski definition) is 0. The van der Waals surface area contributed by atoms with Gasteiger partial charge in [0, 0.05) is 0 Å². The molecule has 3 aliphatic carbocycles. The topological polar surface area (TPSA) is 35.5 Å². The van der Waals surface area contributed by atoms with Crippen molar-refractivity contribution in [3.8, 4) is 0 Å². The second-order valence-electron chi connectivity index (χ2n) is 4.61. The van der Waals surface area contributed by atoms with Gasteiger partial charge in [-0.3, -0.25) is 4.79 Å². The minimum atomic E-state index is -0.133. The molecule has 3 heteroatoms. The summed E-state index contributed by atoms with van der Waals surface area (Å²) in [6.45, 7) is 4.96. The Balaban J connectivity index is 1.77. The summed E-state index contributed by atoms with van der Waals surface area (Å²) in [5.74, 6) is -0.0388. The fraction of sp³-hybridized carbons (Fsp3) is 0.727. The zero-order chi connectivity index (χ0) is 10.2. The molecule has 3 rings (SSSR count). The summed E-state index contributed by atoms with van der Waals surface area (Å²) < 4.78 is 10.2. The number of ether oxygens (including phenoxy) is 2. The minimum absolute atomic E-state index is 0.0388. The van der Waals surface area contributed by atoms with Gasteiger partial charge in [0.15, 0.2) is 0 Å². The van der Waals surface area contributed by atoms with Crippen molar-refractivity contribution in [2.75, 3.05) is 20.3 Å². The highest BCUT2D eigenvalue weighted by atomic mass is 16.5. The molecule has 0 N–H and O–H groups in total. The van der Waals surface area contributed by atoms with Crippen LogP contribution in [0.2, 0.25) is 0 Å². The van der Waals surface area contributed by atoms with Crippen LogP contribution in [0.25, 0.3) is 0 Å². The average Bonchev–Trinajstić information content (AvgIpc) is 2.06. The largest absolute Gasteiger partial charge is 0.469 e. The van der Waals surface area contributed by atoms with Crippen molar-refractivity contribution < 1.29 is 14.3 Å². The smallest absolute Gasteiger partial charge is 0.311 e. The van der Waals surface area contributed by atoms with Gasteiger partial charge >= 0.3 is 5.97 Å². The number of carbonyl (C=O) groups excluding carboxylic acids is 1. The second kappa shape index (κ2) is 3.09. The maximum Gasteiger partial charge on any atom is 0.311 e. The van der Waals surface area contributed by atoms with E-state index in [0.29, 0.717) is 6.61 Å². The van der Waals surface area contributed by atoms with Gasteiger partial charge in [-0.25, -0.2) is 0 Å². The van der Waals surface area contributed by atoms with Gasteiger partial charge in [-0.15, -0.1) is 6.58 Å². The molecule has 2 bridgehead atoms. The molecule has 0 radical (unpaired) electrons. The predicted octanol–water partition coefficient (Wildman–Crippen LogP) is 1.53. The lowest BCUT2D eigenvalue weighted by Crippen LogP contribution is -2.67. The highest BCUT2D eigenvalue weighted by molar-refractivity contribution is 5.81. The lowest BCUT2D eigenvalue weighted by molar-refractivity contribution is -0.240. The lowest BCUT2D eigenvalue weighted by atomic mass is 9.35. The fourth-order valence-electron chi connectivity index (χ4n) is 2.94. The second-order valence-corrected chi connectivity index (χ2v) is 4.61. The average molecular weight is 196 g/mol. The third-order valence-electron chi connectivity index (χ3n) is 3.40. The van der Waals surface area contributed by atoms with Crippen LogP contribution >= 0.6 is 0 Å². The lowest BCUT2D eigenvalue weighted by Gasteiger charge is -2.68. The van der Waals surface area contributed by atoms with Crippen molar-refractivity contribution in [2.24, 2.45) is 10.8 Å². The summed E-state index contributed by atoms with van der Waals surface area (Å²) >= 11 is 0. The van der Waals surface area contributed by atoms with Gasteiger partial charge in [-0.2, -0.15) is 0 Å². The van der Waals surface area contributed by atoms with E-state index in [1.807, 2.05) is 0 Å². The molecule has 0 aromatic carbocycles. The van der Waals surface area contributed by atoms with Crippen LogP contribution in [0.1, 0.15) is 19.3 Å². The van der Waals surface area contributed by atoms with Crippen molar-refractivity contribution in [1.29, 1.82) is 0 Å². The van der Waals surface area contributed by atoms with Gasteiger partial charge in [0.1, 0.15) is 0 Å². The Kier molecular flexibility index (Phi) is 2.14. The Bertz CT molecular complexity index is 250. The maximum absolute atomic E-state index is 11.3. The Morgan fingerprint density at radius 1 is 1.50 bits per heavy atom. The number of methoxy groups -OCH3 is 1. The van der Waals surface area contributed by atoms with Crippen LogP contribution in [-0.4, -0.2) is 26.3 Å². The molecule has 3 aliphatic rings. The van der Waals surface area contributed by atoms with Crippen molar-refractivity contribution in [3.05, 3.63) is 12.7 Å². The highest BCUT2D eigenvalue weighted by Crippen LogP contribution is 2.73. The molecule has 14 heavy (non-hydrogen) atoms. The van der Waals surface area contributed by atoms with Crippen molar-refractivity contribution in [3.63, 3.8) is 0 Å². The zero-order valence-corrected chi connectivity index (χ0v) is 8.54. The van der Waals surface area contributed by atoms with E-state index < -0.39 is 0 Å². The Morgan fingerprint density at radius 3 is 2.64 bits per heavy atom. The standard InChI is InChI=1S/C11H16O3/c1-3-4-14-8-10-5-11(6-10,7-10)9(12)13-2/h3H,1,4-8H2,2H3. The summed E-state index contributed by atoms with van der Waals surface area (Å²) in [4.78, 5) is 11.3. The number of rotatable bonds is 5. The van der Waals surface area contributed by atoms with E-state index in [4.69, 9.17) is 9.47 Å². The Labute approximate surface area is 84.1 Å². The predicted molar refractivity (Wildman–Crippen MR) is 51.7 cm³/mol. The van der Waals surface area contributed by atoms with Gasteiger partial charge in [-0.05, 0) is 24.7 Å². The van der Waals surface area contributed by atoms with Gasteiger partial charge in [-0.1, -0.05) is 6.08 Å². The molecule has 3 nitrogen and oxygen atoms in total. The van der Waals surface area contributed by atoms with Crippen molar-refractivity contribution in [1.82, 2.24) is 0 Å². The zero-order valence-electron chi connectivity index (χ0n) is 8.54. The van der Waals surface area contributed by atoms with E-state index >= 15 is 0 Å². The van der Waals surface area contributed by atoms with Crippen LogP contribution in [0.3, 0.4) is 0 Å². The highest BCUT2D eigenvalue weighted by Gasteiger charge is 2.72. The molecule has 78 valence electrons. The third-order valence-corrected chi connectivity index (χ3v) is 3.40. The van der Waals surface area contributed by atoms with Crippen LogP contribution in [0.4, 0.5) is 0 Å². The van der Waals surface area contributed by atoms with Crippen LogP contribution in [-0.2, 0) is 14.3 Å². The van der Waals surface area contributed by atoms with E-state index in [-0.39, 0.29) is 16.8 Å². The molecule has 0 aromatic rings. The van der Waals surface area contributed by atoms with Gasteiger partial charge < -0.3 is 9.47 Å². The van der Waals surface area contributed by atoms with E-state index in [0.717, 1.165) is 25.9 Å². The van der Waals surface area contributed by atoms with Crippen molar-refractivity contribution >= 4 is 5.97 Å². The van der Waals surface area contributed by atoms with Gasteiger partial charge in [0.25, 0.3) is 0 Å². The first-order chi connectivity index (χ1) is 6.66. The first kappa shape index (κ1) is 9.71. The summed E-state index contributed by atoms with van der Waals surface area (Å²) in [5, 5.41) is 0. The van der Waals surface area contributed by atoms with E-state index in [1.54, 1.807) is 6.08 Å². The molecular formula is C11H16O3. The molecule has 0 amide bonds. The number of esters is 1. The third kappa shape index (κ3) is 1.19. The molecule has 0 spiro atoms. The molecule has 0 unspecified atom stereocenters. The Hall–Kier alpha value is -0.830. The Morgan fingerprint density at radius 2 is 2.14 bits per heavy atom. The molecule has 0 aliphatic heterocycles. The van der Waals surface area contributed by atoms with Crippen LogP contribution in [0.15, 0.2) is 12.7 Å². The minimum Gasteiger partial charge on any atom is -0.469 e. The van der Waals surface area contributed by atoms with E-state index in [1.165, 1.54) is 7.11 Å². The maximum atomic E-state index is 11.3. The first-order valence-corrected chi connectivity index (χ1v) is 4.94. The molecule has 3 fully saturated rings. The van der Waals surface area contributed by atoms with Crippen molar-refractivity contribution in [2.45, 2.75) is 19.3 Å². The fourth-order valence-corrected chi connectivity index (χ4v) is 2.94. The molecule has 0 heterocycles. The number of hydrogen-bond acceptors (Lipinski definition) is 3. The van der Waals surface area contributed by atoms with Crippen LogP contribution in [0.5, 0.6) is 0 Å². The van der Waals surface area contributed by atoms with Crippen LogP contribution < -0.4 is 0 Å². The summed E-state index contributed by atoms with van der Waals surface area (Å²) in [7, 11) is 1.46. The van der Waals surface area contributed by atoms with Gasteiger partial charge in [0.05, 0.1) is 25.7 Å². The summed E-state index contributed by atoms with van der Waals surface area (Å²) in [6, 6.07) is 0. The van der Waals surface area contributed by atoms with E-state index in [9.17, 15) is 4.79 Å². The summed E-state index contributed by atoms with van der Waals surface area (Å²) in [5.41, 5.74) is 0.156. The first-order valence-electron chi connectivity index (χ1n) is 4.94. The number of carbonyl (C=O) groups is 1. The SMILES string of the molecule is C=CCOCC12CC(C(=O)OC)(C1)C2. The normalized spacial score (nSPS) is 38.1. The molecule has 0 aromatic heterocycles. The van der Waals surface area contributed by atoms with Crippen LogP contribution in [0, 0.1) is 10.8 Å². The molecule has 0 atom stereocenters. The molecular weight excluding hydrogens is 180 g/mol. The quantitative estimate of drug-likeness (QED) is 0.380. The van der Waals surface area contributed by atoms with Gasteiger partial charge in [0.2, 0.25) is 0 Å². The van der Waals surface area contributed by atoms with E-state index in [2.05, 4.69) is 6.58 Å². The summed E-state index contributed by atoms with van der Waals surface area (Å²) in [6.07, 6.45) is 4.60. The monoisotopic (exact) mass is 196 g/mol. The molecule has 3 saturated carbocycles. The molecule has 0 saturated heterocycles.